The number of ether oxygens (including phenoxy) is 1. The Labute approximate surface area is 102 Å². The van der Waals surface area contributed by atoms with Gasteiger partial charge in [0.2, 0.25) is 0 Å². The van der Waals surface area contributed by atoms with Crippen LogP contribution in [0.15, 0.2) is 18.2 Å². The van der Waals surface area contributed by atoms with Gasteiger partial charge in [-0.1, -0.05) is 17.4 Å². The molecule has 4 heteroatoms. The minimum atomic E-state index is 0.0551. The smallest absolute Gasteiger partial charge is 0.122 e. The molecule has 0 fully saturated rings. The van der Waals surface area contributed by atoms with Gasteiger partial charge in [-0.3, -0.25) is 10.0 Å². The lowest BCUT2D eigenvalue weighted by atomic mass is 9.89. The molecule has 0 bridgehead atoms. The number of methoxy groups -OCH3 is 1. The summed E-state index contributed by atoms with van der Waals surface area (Å²) in [6.45, 7) is 2.32. The lowest BCUT2D eigenvalue weighted by Gasteiger charge is -2.27. The molecular formula is C13H19NO3. The van der Waals surface area contributed by atoms with Gasteiger partial charge in [-0.15, -0.1) is 0 Å². The monoisotopic (exact) mass is 237 g/mol. The quantitative estimate of drug-likeness (QED) is 0.815. The first-order valence-corrected chi connectivity index (χ1v) is 6.02. The Hall–Kier alpha value is -1.10. The molecule has 0 spiro atoms. The lowest BCUT2D eigenvalue weighted by molar-refractivity contribution is -0.359. The first-order chi connectivity index (χ1) is 8.24. The SMILES string of the molecule is CCN(O)OC1CCc2c(cccc2OC)C1. The second-order valence-electron chi connectivity index (χ2n) is 4.24. The van der Waals surface area contributed by atoms with E-state index in [-0.39, 0.29) is 6.10 Å². The highest BCUT2D eigenvalue weighted by Gasteiger charge is 2.23. The summed E-state index contributed by atoms with van der Waals surface area (Å²) in [5.41, 5.74) is 2.53. The third kappa shape index (κ3) is 2.77. The maximum Gasteiger partial charge on any atom is 0.122 e. The van der Waals surface area contributed by atoms with Crippen molar-refractivity contribution < 1.29 is 14.8 Å². The highest BCUT2D eigenvalue weighted by molar-refractivity contribution is 5.42. The number of hydrogen-bond acceptors (Lipinski definition) is 4. The van der Waals surface area contributed by atoms with Crippen molar-refractivity contribution in [2.24, 2.45) is 0 Å². The summed E-state index contributed by atoms with van der Waals surface area (Å²) in [7, 11) is 1.70. The number of fused-ring (bicyclic) bond motifs is 1. The van der Waals surface area contributed by atoms with Crippen LogP contribution in [0, 0.1) is 0 Å². The molecule has 1 aliphatic rings. The molecule has 17 heavy (non-hydrogen) atoms. The summed E-state index contributed by atoms with van der Waals surface area (Å²) >= 11 is 0. The predicted molar refractivity (Wildman–Crippen MR) is 64.1 cm³/mol. The topological polar surface area (TPSA) is 41.9 Å². The van der Waals surface area contributed by atoms with E-state index in [4.69, 9.17) is 9.57 Å². The summed E-state index contributed by atoms with van der Waals surface area (Å²) in [6, 6.07) is 6.09. The van der Waals surface area contributed by atoms with E-state index in [1.165, 1.54) is 11.1 Å². The summed E-state index contributed by atoms with van der Waals surface area (Å²) < 4.78 is 5.35. The average Bonchev–Trinajstić information content (AvgIpc) is 2.37. The maximum atomic E-state index is 9.35. The van der Waals surface area contributed by atoms with E-state index in [0.717, 1.165) is 30.2 Å². The molecule has 1 unspecified atom stereocenters. The second-order valence-corrected chi connectivity index (χ2v) is 4.24. The number of hydroxylamine groups is 2. The molecule has 1 atom stereocenters. The summed E-state index contributed by atoms with van der Waals surface area (Å²) in [4.78, 5) is 5.42. The highest BCUT2D eigenvalue weighted by Crippen LogP contribution is 2.30. The zero-order chi connectivity index (χ0) is 12.3. The molecule has 1 N–H and O–H groups in total. The first kappa shape index (κ1) is 12.4. The second kappa shape index (κ2) is 5.49. The van der Waals surface area contributed by atoms with Crippen LogP contribution in [0.2, 0.25) is 0 Å². The van der Waals surface area contributed by atoms with Crippen molar-refractivity contribution in [1.29, 1.82) is 0 Å². The minimum Gasteiger partial charge on any atom is -0.496 e. The van der Waals surface area contributed by atoms with Crippen molar-refractivity contribution in [2.45, 2.75) is 32.3 Å². The van der Waals surface area contributed by atoms with Gasteiger partial charge in [0.15, 0.2) is 0 Å². The molecule has 0 radical (unpaired) electrons. The Bertz CT molecular complexity index is 381. The Morgan fingerprint density at radius 1 is 1.47 bits per heavy atom. The molecule has 0 saturated carbocycles. The molecule has 0 aromatic heterocycles. The van der Waals surface area contributed by atoms with E-state index in [9.17, 15) is 5.21 Å². The van der Waals surface area contributed by atoms with Crippen molar-refractivity contribution in [1.82, 2.24) is 5.23 Å². The fourth-order valence-electron chi connectivity index (χ4n) is 2.27. The van der Waals surface area contributed by atoms with Crippen molar-refractivity contribution >= 4 is 0 Å². The molecule has 4 nitrogen and oxygen atoms in total. The van der Waals surface area contributed by atoms with Crippen LogP contribution in [0.4, 0.5) is 0 Å². The van der Waals surface area contributed by atoms with Gasteiger partial charge in [0.25, 0.3) is 0 Å². The van der Waals surface area contributed by atoms with E-state index < -0.39 is 0 Å². The first-order valence-electron chi connectivity index (χ1n) is 6.02. The van der Waals surface area contributed by atoms with Gasteiger partial charge in [0, 0.05) is 13.0 Å². The molecule has 0 saturated heterocycles. The zero-order valence-corrected chi connectivity index (χ0v) is 10.3. The lowest BCUT2D eigenvalue weighted by Crippen LogP contribution is -2.31. The minimum absolute atomic E-state index is 0.0551. The number of rotatable bonds is 4. The molecular weight excluding hydrogens is 218 g/mol. The van der Waals surface area contributed by atoms with Crippen LogP contribution < -0.4 is 4.74 Å². The number of hydrogen-bond donors (Lipinski definition) is 1. The molecule has 0 heterocycles. The van der Waals surface area contributed by atoms with Crippen LogP contribution in [0.5, 0.6) is 5.75 Å². The molecule has 0 amide bonds. The Morgan fingerprint density at radius 2 is 2.29 bits per heavy atom. The summed E-state index contributed by atoms with van der Waals surface area (Å²) in [5, 5.41) is 10.3. The van der Waals surface area contributed by atoms with E-state index in [1.54, 1.807) is 7.11 Å². The Balaban J connectivity index is 2.09. The van der Waals surface area contributed by atoms with Crippen molar-refractivity contribution in [2.75, 3.05) is 13.7 Å². The van der Waals surface area contributed by atoms with Crippen LogP contribution in [0.3, 0.4) is 0 Å². The van der Waals surface area contributed by atoms with Gasteiger partial charge in [0.1, 0.15) is 5.75 Å². The van der Waals surface area contributed by atoms with Crippen molar-refractivity contribution in [3.63, 3.8) is 0 Å². The fraction of sp³-hybridized carbons (Fsp3) is 0.538. The van der Waals surface area contributed by atoms with Crippen LogP contribution in [-0.4, -0.2) is 30.2 Å². The molecule has 1 aromatic carbocycles. The number of benzene rings is 1. The van der Waals surface area contributed by atoms with E-state index >= 15 is 0 Å². The molecule has 1 aliphatic carbocycles. The van der Waals surface area contributed by atoms with Crippen LogP contribution in [-0.2, 0) is 17.7 Å². The summed E-state index contributed by atoms with van der Waals surface area (Å²) in [6.07, 6.45) is 2.72. The van der Waals surface area contributed by atoms with Gasteiger partial charge < -0.3 is 4.74 Å². The average molecular weight is 237 g/mol. The highest BCUT2D eigenvalue weighted by atomic mass is 16.9. The third-order valence-corrected chi connectivity index (χ3v) is 3.16. The van der Waals surface area contributed by atoms with Gasteiger partial charge in [-0.2, -0.15) is 0 Å². The van der Waals surface area contributed by atoms with Gasteiger partial charge in [0.05, 0.1) is 13.2 Å². The standard InChI is InChI=1S/C13H19NO3/c1-3-14(15)17-11-7-8-12-10(9-11)5-4-6-13(12)16-2/h4-6,11,15H,3,7-9H2,1-2H3. The molecule has 1 aromatic rings. The van der Waals surface area contributed by atoms with E-state index in [2.05, 4.69) is 6.07 Å². The molecule has 2 rings (SSSR count). The van der Waals surface area contributed by atoms with Crippen LogP contribution in [0.1, 0.15) is 24.5 Å². The van der Waals surface area contributed by atoms with Gasteiger partial charge in [-0.05, 0) is 37.0 Å². The fourth-order valence-corrected chi connectivity index (χ4v) is 2.27. The molecule has 0 aliphatic heterocycles. The van der Waals surface area contributed by atoms with E-state index in [1.807, 2.05) is 19.1 Å². The Kier molecular flexibility index (Phi) is 3.99. The van der Waals surface area contributed by atoms with Crippen molar-refractivity contribution in [3.05, 3.63) is 29.3 Å². The zero-order valence-electron chi connectivity index (χ0n) is 10.3. The van der Waals surface area contributed by atoms with Crippen molar-refractivity contribution in [3.8, 4) is 5.75 Å². The largest absolute Gasteiger partial charge is 0.496 e. The third-order valence-electron chi connectivity index (χ3n) is 3.16. The predicted octanol–water partition coefficient (Wildman–Crippen LogP) is 2.20. The van der Waals surface area contributed by atoms with Crippen LogP contribution >= 0.6 is 0 Å². The summed E-state index contributed by atoms with van der Waals surface area (Å²) in [5.74, 6) is 0.956. The Morgan fingerprint density at radius 3 is 3.00 bits per heavy atom. The number of nitrogens with zero attached hydrogens (tertiary/aromatic N) is 1. The maximum absolute atomic E-state index is 9.35. The van der Waals surface area contributed by atoms with E-state index in [0.29, 0.717) is 6.54 Å². The van der Waals surface area contributed by atoms with Gasteiger partial charge in [-0.25, -0.2) is 0 Å². The van der Waals surface area contributed by atoms with Gasteiger partial charge >= 0.3 is 0 Å². The van der Waals surface area contributed by atoms with Crippen LogP contribution in [0.25, 0.3) is 0 Å². The molecule has 94 valence electrons. The normalized spacial score (nSPS) is 19.2.